The van der Waals surface area contributed by atoms with Crippen molar-refractivity contribution in [3.8, 4) is 0 Å². The Hall–Kier alpha value is -0.120. The third-order valence-electron chi connectivity index (χ3n) is 3.88. The molecule has 1 aliphatic rings. The summed E-state index contributed by atoms with van der Waals surface area (Å²) in [7, 11) is 1.82. The van der Waals surface area contributed by atoms with Crippen LogP contribution in [0.1, 0.15) is 34.1 Å². The van der Waals surface area contributed by atoms with Crippen LogP contribution >= 0.6 is 0 Å². The molecule has 16 heavy (non-hydrogen) atoms. The molecule has 2 unspecified atom stereocenters. The van der Waals surface area contributed by atoms with Crippen LogP contribution in [0, 0.1) is 5.41 Å². The third kappa shape index (κ3) is 3.72. The number of hydrogen-bond acceptors (Lipinski definition) is 3. The van der Waals surface area contributed by atoms with Crippen molar-refractivity contribution < 1.29 is 4.74 Å². The van der Waals surface area contributed by atoms with Gasteiger partial charge >= 0.3 is 0 Å². The van der Waals surface area contributed by atoms with Crippen molar-refractivity contribution in [1.82, 2.24) is 10.2 Å². The van der Waals surface area contributed by atoms with E-state index < -0.39 is 0 Å². The fourth-order valence-corrected chi connectivity index (χ4v) is 2.43. The standard InChI is InChI=1S/C13H28N2O/c1-6-14-11(2)13(3,4)10-15-8-7-12(9-15)16-5/h11-12,14H,6-10H2,1-5H3. The van der Waals surface area contributed by atoms with Gasteiger partial charge in [-0.2, -0.15) is 0 Å². The molecule has 1 fully saturated rings. The Kier molecular flexibility index (Phi) is 5.22. The van der Waals surface area contributed by atoms with Crippen LogP contribution in [0.25, 0.3) is 0 Å². The molecule has 1 heterocycles. The minimum Gasteiger partial charge on any atom is -0.380 e. The molecule has 0 aliphatic carbocycles. The predicted octanol–water partition coefficient (Wildman–Crippen LogP) is 1.73. The molecule has 0 bridgehead atoms. The van der Waals surface area contributed by atoms with Crippen molar-refractivity contribution in [1.29, 1.82) is 0 Å². The zero-order chi connectivity index (χ0) is 12.2. The smallest absolute Gasteiger partial charge is 0.0710 e. The lowest BCUT2D eigenvalue weighted by Gasteiger charge is -2.36. The Labute approximate surface area is 101 Å². The van der Waals surface area contributed by atoms with E-state index in [2.05, 4.69) is 37.9 Å². The maximum atomic E-state index is 5.41. The van der Waals surface area contributed by atoms with Gasteiger partial charge in [0.15, 0.2) is 0 Å². The van der Waals surface area contributed by atoms with Crippen molar-refractivity contribution in [2.45, 2.75) is 46.3 Å². The molecule has 0 amide bonds. The molecule has 1 aliphatic heterocycles. The van der Waals surface area contributed by atoms with Crippen LogP contribution in [-0.4, -0.2) is 50.3 Å². The second-order valence-electron chi connectivity index (χ2n) is 5.65. The summed E-state index contributed by atoms with van der Waals surface area (Å²) in [6.45, 7) is 13.6. The fraction of sp³-hybridized carbons (Fsp3) is 1.00. The van der Waals surface area contributed by atoms with Crippen molar-refractivity contribution in [3.63, 3.8) is 0 Å². The van der Waals surface area contributed by atoms with E-state index in [1.165, 1.54) is 13.0 Å². The van der Waals surface area contributed by atoms with Crippen molar-refractivity contribution in [2.24, 2.45) is 5.41 Å². The lowest BCUT2D eigenvalue weighted by atomic mass is 9.85. The minimum absolute atomic E-state index is 0.318. The van der Waals surface area contributed by atoms with Gasteiger partial charge in [0, 0.05) is 32.8 Å². The molecule has 0 aromatic heterocycles. The van der Waals surface area contributed by atoms with E-state index in [1.54, 1.807) is 0 Å². The van der Waals surface area contributed by atoms with Gasteiger partial charge in [0.1, 0.15) is 0 Å². The molecule has 1 N–H and O–H groups in total. The summed E-state index contributed by atoms with van der Waals surface area (Å²) in [5.41, 5.74) is 0.318. The molecule has 96 valence electrons. The van der Waals surface area contributed by atoms with Gasteiger partial charge < -0.3 is 15.0 Å². The number of ether oxygens (including phenoxy) is 1. The van der Waals surface area contributed by atoms with Crippen LogP contribution in [0.15, 0.2) is 0 Å². The van der Waals surface area contributed by atoms with Crippen LogP contribution in [0.5, 0.6) is 0 Å². The molecular weight excluding hydrogens is 200 g/mol. The van der Waals surface area contributed by atoms with Crippen LogP contribution in [-0.2, 0) is 4.74 Å². The van der Waals surface area contributed by atoms with Crippen LogP contribution in [0.4, 0.5) is 0 Å². The first-order valence-electron chi connectivity index (χ1n) is 6.48. The highest BCUT2D eigenvalue weighted by molar-refractivity contribution is 4.86. The SMILES string of the molecule is CCNC(C)C(C)(C)CN1CCC(OC)C1. The van der Waals surface area contributed by atoms with Gasteiger partial charge in [0.2, 0.25) is 0 Å². The molecule has 1 saturated heterocycles. The molecule has 0 radical (unpaired) electrons. The molecule has 1 rings (SSSR count). The van der Waals surface area contributed by atoms with Gasteiger partial charge in [-0.05, 0) is 25.3 Å². The number of nitrogens with one attached hydrogen (secondary N) is 1. The summed E-state index contributed by atoms with van der Waals surface area (Å²) in [6, 6.07) is 0.555. The first-order valence-corrected chi connectivity index (χ1v) is 6.48. The summed E-state index contributed by atoms with van der Waals surface area (Å²) in [5.74, 6) is 0. The van der Waals surface area contributed by atoms with Gasteiger partial charge in [0.05, 0.1) is 6.10 Å². The third-order valence-corrected chi connectivity index (χ3v) is 3.88. The first-order chi connectivity index (χ1) is 7.49. The normalized spacial score (nSPS) is 24.9. The highest BCUT2D eigenvalue weighted by Gasteiger charge is 2.31. The van der Waals surface area contributed by atoms with Gasteiger partial charge in [-0.1, -0.05) is 20.8 Å². The Morgan fingerprint density at radius 3 is 2.69 bits per heavy atom. The van der Waals surface area contributed by atoms with Gasteiger partial charge in [0.25, 0.3) is 0 Å². The average molecular weight is 228 g/mol. The summed E-state index contributed by atoms with van der Waals surface area (Å²) in [4.78, 5) is 2.53. The molecule has 2 atom stereocenters. The highest BCUT2D eigenvalue weighted by Crippen LogP contribution is 2.24. The molecule has 0 saturated carbocycles. The highest BCUT2D eigenvalue weighted by atomic mass is 16.5. The van der Waals surface area contributed by atoms with E-state index in [9.17, 15) is 0 Å². The lowest BCUT2D eigenvalue weighted by molar-refractivity contribution is 0.0963. The second kappa shape index (κ2) is 5.99. The zero-order valence-electron chi connectivity index (χ0n) is 11.5. The number of methoxy groups -OCH3 is 1. The average Bonchev–Trinajstić information content (AvgIpc) is 2.65. The van der Waals surface area contributed by atoms with Crippen LogP contribution < -0.4 is 5.32 Å². The van der Waals surface area contributed by atoms with Crippen molar-refractivity contribution in [3.05, 3.63) is 0 Å². The largest absolute Gasteiger partial charge is 0.380 e. The molecule has 0 spiro atoms. The number of likely N-dealkylation sites (tertiary alicyclic amines) is 1. The van der Waals surface area contributed by atoms with E-state index in [-0.39, 0.29) is 0 Å². The Morgan fingerprint density at radius 1 is 1.50 bits per heavy atom. The van der Waals surface area contributed by atoms with Crippen LogP contribution in [0.3, 0.4) is 0 Å². The van der Waals surface area contributed by atoms with Crippen molar-refractivity contribution in [2.75, 3.05) is 33.3 Å². The molecular formula is C13H28N2O. The van der Waals surface area contributed by atoms with E-state index in [0.717, 1.165) is 19.6 Å². The van der Waals surface area contributed by atoms with E-state index >= 15 is 0 Å². The molecule has 3 heteroatoms. The van der Waals surface area contributed by atoms with Crippen molar-refractivity contribution >= 4 is 0 Å². The number of nitrogens with zero attached hydrogens (tertiary/aromatic N) is 1. The monoisotopic (exact) mass is 228 g/mol. The van der Waals surface area contributed by atoms with Gasteiger partial charge in [-0.3, -0.25) is 0 Å². The number of rotatable bonds is 6. The number of hydrogen-bond donors (Lipinski definition) is 1. The topological polar surface area (TPSA) is 24.5 Å². The minimum atomic E-state index is 0.318. The summed E-state index contributed by atoms with van der Waals surface area (Å²) < 4.78 is 5.41. The maximum absolute atomic E-state index is 5.41. The molecule has 0 aromatic rings. The maximum Gasteiger partial charge on any atom is 0.0710 e. The fourth-order valence-electron chi connectivity index (χ4n) is 2.43. The lowest BCUT2D eigenvalue weighted by Crippen LogP contribution is -2.46. The molecule has 0 aromatic carbocycles. The Morgan fingerprint density at radius 2 is 2.19 bits per heavy atom. The summed E-state index contributed by atoms with van der Waals surface area (Å²) in [6.07, 6.45) is 1.63. The summed E-state index contributed by atoms with van der Waals surface area (Å²) in [5, 5.41) is 3.53. The van der Waals surface area contributed by atoms with Crippen LogP contribution in [0.2, 0.25) is 0 Å². The van der Waals surface area contributed by atoms with E-state index in [1.807, 2.05) is 7.11 Å². The van der Waals surface area contributed by atoms with Gasteiger partial charge in [-0.15, -0.1) is 0 Å². The zero-order valence-corrected chi connectivity index (χ0v) is 11.5. The van der Waals surface area contributed by atoms with Gasteiger partial charge in [-0.25, -0.2) is 0 Å². The Bertz CT molecular complexity index is 206. The van der Waals surface area contributed by atoms with E-state index in [4.69, 9.17) is 4.74 Å². The van der Waals surface area contributed by atoms with E-state index in [0.29, 0.717) is 17.6 Å². The second-order valence-corrected chi connectivity index (χ2v) is 5.65. The quantitative estimate of drug-likeness (QED) is 0.749. The molecule has 3 nitrogen and oxygen atoms in total. The first kappa shape index (κ1) is 13.9. The summed E-state index contributed by atoms with van der Waals surface area (Å²) >= 11 is 0. The Balaban J connectivity index is 2.40. The predicted molar refractivity (Wildman–Crippen MR) is 68.8 cm³/mol.